The van der Waals surface area contributed by atoms with Gasteiger partial charge < -0.3 is 9.30 Å². The number of imidazole rings is 1. The normalized spacial score (nSPS) is 14.0. The number of rotatable bonds is 2. The molecular weight excluding hydrogens is 310 g/mol. The van der Waals surface area contributed by atoms with Crippen LogP contribution in [0.5, 0.6) is 0 Å². The molecule has 0 spiro atoms. The van der Waals surface area contributed by atoms with Crippen molar-refractivity contribution in [2.75, 3.05) is 6.54 Å². The zero-order valence-corrected chi connectivity index (χ0v) is 13.3. The van der Waals surface area contributed by atoms with E-state index in [1.165, 1.54) is 11.1 Å². The third-order valence-electron chi connectivity index (χ3n) is 4.28. The largest absolute Gasteiger partial charge is 0.338 e. The van der Waals surface area contributed by atoms with E-state index in [4.69, 9.17) is 11.6 Å². The minimum Gasteiger partial charge on any atom is -0.338 e. The monoisotopic (exact) mass is 325 g/mol. The van der Waals surface area contributed by atoms with Gasteiger partial charge in [-0.3, -0.25) is 4.79 Å². The number of pyridine rings is 1. The number of hydrogen-bond acceptors (Lipinski definition) is 2. The molecular formula is C18H16ClN3O. The van der Waals surface area contributed by atoms with E-state index in [1.807, 2.05) is 27.6 Å². The molecule has 0 saturated carbocycles. The molecule has 0 radical (unpaired) electrons. The van der Waals surface area contributed by atoms with Crippen LogP contribution in [-0.4, -0.2) is 26.7 Å². The minimum absolute atomic E-state index is 0.119. The maximum absolute atomic E-state index is 12.6. The molecule has 1 aliphatic rings. The number of fused-ring (bicyclic) bond motifs is 2. The van der Waals surface area contributed by atoms with Crippen LogP contribution in [-0.2, 0) is 24.2 Å². The average molecular weight is 326 g/mol. The molecule has 1 aliphatic heterocycles. The van der Waals surface area contributed by atoms with Gasteiger partial charge in [0.1, 0.15) is 5.65 Å². The van der Waals surface area contributed by atoms with E-state index in [0.717, 1.165) is 24.3 Å². The van der Waals surface area contributed by atoms with Gasteiger partial charge in [0.25, 0.3) is 0 Å². The first-order valence-corrected chi connectivity index (χ1v) is 8.04. The number of aromatic nitrogens is 2. The molecule has 3 aromatic rings. The van der Waals surface area contributed by atoms with Crippen LogP contribution in [0.4, 0.5) is 0 Å². The van der Waals surface area contributed by atoms with E-state index >= 15 is 0 Å². The number of benzene rings is 1. The summed E-state index contributed by atoms with van der Waals surface area (Å²) < 4.78 is 1.86. The van der Waals surface area contributed by atoms with Crippen LogP contribution < -0.4 is 0 Å². The fourth-order valence-corrected chi connectivity index (χ4v) is 3.25. The first-order valence-electron chi connectivity index (χ1n) is 7.67. The lowest BCUT2D eigenvalue weighted by Gasteiger charge is -2.28. The highest BCUT2D eigenvalue weighted by molar-refractivity contribution is 6.30. The summed E-state index contributed by atoms with van der Waals surface area (Å²) >= 11 is 5.98. The molecule has 0 unspecified atom stereocenters. The van der Waals surface area contributed by atoms with E-state index in [0.29, 0.717) is 18.0 Å². The molecule has 0 N–H and O–H groups in total. The van der Waals surface area contributed by atoms with Crippen molar-refractivity contribution in [3.8, 4) is 0 Å². The molecule has 0 aliphatic carbocycles. The molecule has 5 heteroatoms. The summed E-state index contributed by atoms with van der Waals surface area (Å²) in [6, 6.07) is 12.0. The van der Waals surface area contributed by atoms with Crippen molar-refractivity contribution in [2.24, 2.45) is 0 Å². The van der Waals surface area contributed by atoms with Gasteiger partial charge in [-0.2, -0.15) is 0 Å². The lowest BCUT2D eigenvalue weighted by atomic mass is 10.00. The van der Waals surface area contributed by atoms with Gasteiger partial charge in [0.05, 0.1) is 17.1 Å². The number of hydrogen-bond donors (Lipinski definition) is 0. The van der Waals surface area contributed by atoms with Gasteiger partial charge in [0.2, 0.25) is 5.91 Å². The predicted molar refractivity (Wildman–Crippen MR) is 89.5 cm³/mol. The van der Waals surface area contributed by atoms with E-state index in [1.54, 1.807) is 12.3 Å². The first-order chi connectivity index (χ1) is 11.2. The Morgan fingerprint density at radius 1 is 1.13 bits per heavy atom. The van der Waals surface area contributed by atoms with Crippen LogP contribution in [0, 0.1) is 0 Å². The molecule has 116 valence electrons. The highest BCUT2D eigenvalue weighted by Gasteiger charge is 2.21. The van der Waals surface area contributed by atoms with Crippen molar-refractivity contribution in [1.29, 1.82) is 0 Å². The van der Waals surface area contributed by atoms with Gasteiger partial charge >= 0.3 is 0 Å². The quantitative estimate of drug-likeness (QED) is 0.726. The van der Waals surface area contributed by atoms with Gasteiger partial charge in [-0.05, 0) is 29.7 Å². The van der Waals surface area contributed by atoms with E-state index < -0.39 is 0 Å². The Kier molecular flexibility index (Phi) is 3.54. The topological polar surface area (TPSA) is 37.6 Å². The van der Waals surface area contributed by atoms with Gasteiger partial charge in [-0.25, -0.2) is 4.98 Å². The van der Waals surface area contributed by atoms with Crippen LogP contribution in [0.1, 0.15) is 16.8 Å². The Morgan fingerprint density at radius 3 is 2.83 bits per heavy atom. The number of amides is 1. The lowest BCUT2D eigenvalue weighted by molar-refractivity contribution is -0.131. The van der Waals surface area contributed by atoms with Crippen molar-refractivity contribution in [3.05, 3.63) is 70.6 Å². The lowest BCUT2D eigenvalue weighted by Crippen LogP contribution is -2.36. The van der Waals surface area contributed by atoms with Crippen LogP contribution in [0.2, 0.25) is 5.02 Å². The SMILES string of the molecule is O=C(Cc1cn2cc(Cl)ccc2n1)N1CCc2ccccc2C1. The summed E-state index contributed by atoms with van der Waals surface area (Å²) in [6.07, 6.45) is 4.91. The van der Waals surface area contributed by atoms with E-state index in [2.05, 4.69) is 23.2 Å². The Bertz CT molecular complexity index is 887. The molecule has 23 heavy (non-hydrogen) atoms. The van der Waals surface area contributed by atoms with Gasteiger partial charge in [0, 0.05) is 25.5 Å². The van der Waals surface area contributed by atoms with Crippen LogP contribution in [0.15, 0.2) is 48.8 Å². The maximum Gasteiger partial charge on any atom is 0.228 e. The standard InChI is InChI=1S/C18H16ClN3O/c19-15-5-6-17-20-16(12-22(17)11-15)9-18(23)21-8-7-13-3-1-2-4-14(13)10-21/h1-6,11-12H,7-10H2. The molecule has 1 aromatic carbocycles. The van der Waals surface area contributed by atoms with Gasteiger partial charge in [-0.1, -0.05) is 35.9 Å². The number of carbonyl (C=O) groups is 1. The van der Waals surface area contributed by atoms with E-state index in [-0.39, 0.29) is 5.91 Å². The van der Waals surface area contributed by atoms with Crippen LogP contribution in [0.25, 0.3) is 5.65 Å². The summed E-state index contributed by atoms with van der Waals surface area (Å²) in [5.41, 5.74) is 4.17. The van der Waals surface area contributed by atoms with Crippen LogP contribution in [0.3, 0.4) is 0 Å². The minimum atomic E-state index is 0.119. The molecule has 2 aromatic heterocycles. The zero-order valence-electron chi connectivity index (χ0n) is 12.6. The molecule has 4 nitrogen and oxygen atoms in total. The molecule has 3 heterocycles. The number of halogens is 1. The molecule has 1 amide bonds. The fourth-order valence-electron chi connectivity index (χ4n) is 3.08. The van der Waals surface area contributed by atoms with Crippen molar-refractivity contribution in [3.63, 3.8) is 0 Å². The van der Waals surface area contributed by atoms with Gasteiger partial charge in [-0.15, -0.1) is 0 Å². The van der Waals surface area contributed by atoms with Crippen molar-refractivity contribution < 1.29 is 4.79 Å². The highest BCUT2D eigenvalue weighted by atomic mass is 35.5. The molecule has 0 saturated heterocycles. The first kappa shape index (κ1) is 14.3. The Morgan fingerprint density at radius 2 is 1.96 bits per heavy atom. The molecule has 0 atom stereocenters. The smallest absolute Gasteiger partial charge is 0.228 e. The van der Waals surface area contributed by atoms with Crippen molar-refractivity contribution >= 4 is 23.2 Å². The molecule has 0 bridgehead atoms. The second kappa shape index (κ2) is 5.70. The van der Waals surface area contributed by atoms with Crippen molar-refractivity contribution in [2.45, 2.75) is 19.4 Å². The number of carbonyl (C=O) groups excluding carboxylic acids is 1. The fraction of sp³-hybridized carbons (Fsp3) is 0.222. The van der Waals surface area contributed by atoms with Gasteiger partial charge in [0.15, 0.2) is 0 Å². The number of nitrogens with zero attached hydrogens (tertiary/aromatic N) is 3. The zero-order chi connectivity index (χ0) is 15.8. The predicted octanol–water partition coefficient (Wildman–Crippen LogP) is 3.12. The van der Waals surface area contributed by atoms with E-state index in [9.17, 15) is 4.79 Å². The summed E-state index contributed by atoms with van der Waals surface area (Å²) in [4.78, 5) is 19.0. The summed E-state index contributed by atoms with van der Waals surface area (Å²) in [5.74, 6) is 0.119. The Hall–Kier alpha value is -2.33. The summed E-state index contributed by atoms with van der Waals surface area (Å²) in [5, 5.41) is 0.653. The third-order valence-corrected chi connectivity index (χ3v) is 4.50. The second-order valence-corrected chi connectivity index (χ2v) is 6.29. The van der Waals surface area contributed by atoms with Crippen molar-refractivity contribution in [1.82, 2.24) is 14.3 Å². The molecule has 4 rings (SSSR count). The summed E-state index contributed by atoms with van der Waals surface area (Å²) in [7, 11) is 0. The average Bonchev–Trinajstić information content (AvgIpc) is 2.95. The van der Waals surface area contributed by atoms with Crippen LogP contribution >= 0.6 is 11.6 Å². The summed E-state index contributed by atoms with van der Waals surface area (Å²) in [6.45, 7) is 1.46. The Balaban J connectivity index is 1.51. The maximum atomic E-state index is 12.6. The Labute approximate surface area is 139 Å². The highest BCUT2D eigenvalue weighted by Crippen LogP contribution is 2.19. The molecule has 0 fully saturated rings. The third kappa shape index (κ3) is 2.82. The second-order valence-electron chi connectivity index (χ2n) is 5.86.